The van der Waals surface area contributed by atoms with E-state index in [9.17, 15) is 9.59 Å². The van der Waals surface area contributed by atoms with Gasteiger partial charge in [0.05, 0.1) is 0 Å². The Morgan fingerprint density at radius 3 is 2.46 bits per heavy atom. The quantitative estimate of drug-likeness (QED) is 0.846. The highest BCUT2D eigenvalue weighted by molar-refractivity contribution is 5.97. The third kappa shape index (κ3) is 4.31. The van der Waals surface area contributed by atoms with Crippen LogP contribution in [0.15, 0.2) is 42.5 Å². The zero-order valence-electron chi connectivity index (χ0n) is 15.5. The molecule has 1 N–H and O–H groups in total. The lowest BCUT2D eigenvalue weighted by atomic mass is 10.1. The number of hydrogen-bond donors (Lipinski definition) is 1. The first-order valence-corrected chi connectivity index (χ1v) is 9.35. The van der Waals surface area contributed by atoms with Crippen molar-refractivity contribution in [3.63, 3.8) is 0 Å². The van der Waals surface area contributed by atoms with Crippen LogP contribution in [-0.2, 0) is 22.4 Å². The molecule has 0 unspecified atom stereocenters. The van der Waals surface area contributed by atoms with Crippen LogP contribution in [0.4, 0.5) is 11.4 Å². The molecule has 2 aromatic carbocycles. The number of carbonyl (C=O) groups is 2. The van der Waals surface area contributed by atoms with Gasteiger partial charge in [0.1, 0.15) is 0 Å². The number of rotatable bonds is 6. The van der Waals surface area contributed by atoms with Crippen LogP contribution in [0.2, 0.25) is 0 Å². The minimum absolute atomic E-state index is 0.00830. The van der Waals surface area contributed by atoms with Gasteiger partial charge in [0, 0.05) is 30.8 Å². The first kappa shape index (κ1) is 18.2. The molecule has 1 aliphatic heterocycles. The van der Waals surface area contributed by atoms with Crippen LogP contribution in [-0.4, -0.2) is 18.4 Å². The maximum Gasteiger partial charge on any atom is 0.227 e. The molecule has 0 spiro atoms. The summed E-state index contributed by atoms with van der Waals surface area (Å²) in [6.45, 7) is 4.89. The predicted molar refractivity (Wildman–Crippen MR) is 106 cm³/mol. The van der Waals surface area contributed by atoms with E-state index in [1.165, 1.54) is 11.1 Å². The number of aryl methyl sites for hydroxylation is 3. The number of anilines is 2. The minimum Gasteiger partial charge on any atom is -0.326 e. The fraction of sp³-hybridized carbons (Fsp3) is 0.364. The molecule has 0 saturated carbocycles. The van der Waals surface area contributed by atoms with Gasteiger partial charge in [0.25, 0.3) is 0 Å². The normalized spacial score (nSPS) is 13.9. The average Bonchev–Trinajstić information content (AvgIpc) is 3.06. The van der Waals surface area contributed by atoms with Gasteiger partial charge in [-0.05, 0) is 61.1 Å². The number of carbonyl (C=O) groups excluding carboxylic acids is 2. The first-order valence-electron chi connectivity index (χ1n) is 9.35. The van der Waals surface area contributed by atoms with Crippen molar-refractivity contribution in [3.05, 3.63) is 59.2 Å². The van der Waals surface area contributed by atoms with Crippen molar-refractivity contribution < 1.29 is 9.59 Å². The van der Waals surface area contributed by atoms with Crippen LogP contribution in [0.25, 0.3) is 0 Å². The Morgan fingerprint density at radius 1 is 1.12 bits per heavy atom. The van der Waals surface area contributed by atoms with Crippen LogP contribution >= 0.6 is 0 Å². The van der Waals surface area contributed by atoms with Crippen LogP contribution < -0.4 is 10.2 Å². The van der Waals surface area contributed by atoms with E-state index in [4.69, 9.17) is 0 Å². The van der Waals surface area contributed by atoms with E-state index >= 15 is 0 Å². The summed E-state index contributed by atoms with van der Waals surface area (Å²) in [6.07, 6.45) is 3.75. The lowest BCUT2D eigenvalue weighted by molar-refractivity contribution is -0.117. The lowest BCUT2D eigenvalue weighted by Crippen LogP contribution is -2.24. The molecule has 1 heterocycles. The predicted octanol–water partition coefficient (Wildman–Crippen LogP) is 4.26. The van der Waals surface area contributed by atoms with E-state index in [0.29, 0.717) is 12.8 Å². The fourth-order valence-electron chi connectivity index (χ4n) is 3.36. The summed E-state index contributed by atoms with van der Waals surface area (Å²) >= 11 is 0. The van der Waals surface area contributed by atoms with Crippen LogP contribution in [0.3, 0.4) is 0 Å². The van der Waals surface area contributed by atoms with Gasteiger partial charge in [-0.3, -0.25) is 9.59 Å². The summed E-state index contributed by atoms with van der Waals surface area (Å²) in [7, 11) is 0. The van der Waals surface area contributed by atoms with Crippen molar-refractivity contribution in [2.45, 2.75) is 46.0 Å². The van der Waals surface area contributed by atoms with E-state index in [-0.39, 0.29) is 11.8 Å². The van der Waals surface area contributed by atoms with E-state index in [2.05, 4.69) is 36.5 Å². The van der Waals surface area contributed by atoms with Crippen molar-refractivity contribution in [1.29, 1.82) is 0 Å². The molecule has 4 nitrogen and oxygen atoms in total. The second kappa shape index (κ2) is 8.17. The molecule has 4 heteroatoms. The molecule has 0 atom stereocenters. The molecule has 1 saturated heterocycles. The SMILES string of the molecule is CCc1ccc(CCC(=O)Nc2ccc(N3CCCC3=O)c(C)c2)cc1. The largest absolute Gasteiger partial charge is 0.326 e. The summed E-state index contributed by atoms with van der Waals surface area (Å²) in [5, 5.41) is 2.96. The topological polar surface area (TPSA) is 49.4 Å². The number of hydrogen-bond acceptors (Lipinski definition) is 2. The average molecular weight is 350 g/mol. The Kier molecular flexibility index (Phi) is 5.71. The van der Waals surface area contributed by atoms with Gasteiger partial charge < -0.3 is 10.2 Å². The zero-order chi connectivity index (χ0) is 18.5. The van der Waals surface area contributed by atoms with Crippen molar-refractivity contribution in [2.24, 2.45) is 0 Å². The lowest BCUT2D eigenvalue weighted by Gasteiger charge is -2.19. The van der Waals surface area contributed by atoms with E-state index < -0.39 is 0 Å². The Labute approximate surface area is 155 Å². The van der Waals surface area contributed by atoms with Crippen LogP contribution in [0.1, 0.15) is 42.9 Å². The highest BCUT2D eigenvalue weighted by atomic mass is 16.2. The smallest absolute Gasteiger partial charge is 0.227 e. The molecule has 0 aliphatic carbocycles. The third-order valence-corrected chi connectivity index (χ3v) is 4.92. The highest BCUT2D eigenvalue weighted by Gasteiger charge is 2.22. The van der Waals surface area contributed by atoms with Gasteiger partial charge in [0.15, 0.2) is 0 Å². The van der Waals surface area contributed by atoms with E-state index in [1.54, 1.807) is 0 Å². The van der Waals surface area contributed by atoms with E-state index in [0.717, 1.165) is 42.7 Å². The molecular formula is C22H26N2O2. The molecular weight excluding hydrogens is 324 g/mol. The number of nitrogens with one attached hydrogen (secondary N) is 1. The van der Waals surface area contributed by atoms with Crippen molar-refractivity contribution in [1.82, 2.24) is 0 Å². The number of benzene rings is 2. The molecule has 26 heavy (non-hydrogen) atoms. The van der Waals surface area contributed by atoms with Gasteiger partial charge in [-0.15, -0.1) is 0 Å². The maximum absolute atomic E-state index is 12.2. The standard InChI is InChI=1S/C22H26N2O2/c1-3-17-6-8-18(9-7-17)10-13-21(25)23-19-11-12-20(16(2)15-19)24-14-4-5-22(24)26/h6-9,11-12,15H,3-5,10,13-14H2,1-2H3,(H,23,25). The summed E-state index contributed by atoms with van der Waals surface area (Å²) < 4.78 is 0. The molecule has 1 aliphatic rings. The van der Waals surface area contributed by atoms with Gasteiger partial charge in [-0.25, -0.2) is 0 Å². The minimum atomic E-state index is 0.00830. The van der Waals surface area contributed by atoms with Crippen molar-refractivity contribution in [3.8, 4) is 0 Å². The maximum atomic E-state index is 12.2. The van der Waals surface area contributed by atoms with Crippen LogP contribution in [0.5, 0.6) is 0 Å². The fourth-order valence-corrected chi connectivity index (χ4v) is 3.36. The van der Waals surface area contributed by atoms with Gasteiger partial charge in [-0.1, -0.05) is 31.2 Å². The molecule has 136 valence electrons. The molecule has 0 aromatic heterocycles. The third-order valence-electron chi connectivity index (χ3n) is 4.92. The molecule has 0 radical (unpaired) electrons. The highest BCUT2D eigenvalue weighted by Crippen LogP contribution is 2.27. The van der Waals surface area contributed by atoms with Gasteiger partial charge in [0.2, 0.25) is 11.8 Å². The Balaban J connectivity index is 1.57. The van der Waals surface area contributed by atoms with Gasteiger partial charge >= 0.3 is 0 Å². The first-order chi connectivity index (χ1) is 12.6. The van der Waals surface area contributed by atoms with Crippen LogP contribution in [0, 0.1) is 6.92 Å². The summed E-state index contributed by atoms with van der Waals surface area (Å²) in [4.78, 5) is 26.0. The number of nitrogens with zero attached hydrogens (tertiary/aromatic N) is 1. The Morgan fingerprint density at radius 2 is 1.85 bits per heavy atom. The molecule has 1 fully saturated rings. The van der Waals surface area contributed by atoms with E-state index in [1.807, 2.05) is 30.0 Å². The Bertz CT molecular complexity index is 796. The molecule has 0 bridgehead atoms. The summed E-state index contributed by atoms with van der Waals surface area (Å²) in [6, 6.07) is 14.2. The van der Waals surface area contributed by atoms with Crippen molar-refractivity contribution >= 4 is 23.2 Å². The van der Waals surface area contributed by atoms with Crippen molar-refractivity contribution in [2.75, 3.05) is 16.8 Å². The molecule has 3 rings (SSSR count). The second-order valence-corrected chi connectivity index (χ2v) is 6.87. The number of amides is 2. The second-order valence-electron chi connectivity index (χ2n) is 6.87. The Hall–Kier alpha value is -2.62. The zero-order valence-corrected chi connectivity index (χ0v) is 15.5. The monoisotopic (exact) mass is 350 g/mol. The van der Waals surface area contributed by atoms with Gasteiger partial charge in [-0.2, -0.15) is 0 Å². The summed E-state index contributed by atoms with van der Waals surface area (Å²) in [5.74, 6) is 0.188. The summed E-state index contributed by atoms with van der Waals surface area (Å²) in [5.41, 5.74) is 5.22. The molecule has 2 amide bonds. The molecule has 2 aromatic rings.